The lowest BCUT2D eigenvalue weighted by Gasteiger charge is -2.32. The van der Waals surface area contributed by atoms with Gasteiger partial charge in [0, 0.05) is 29.5 Å². The number of carbonyl (C=O) groups is 1. The Morgan fingerprint density at radius 2 is 1.88 bits per heavy atom. The minimum absolute atomic E-state index is 0.0851. The normalized spacial score (nSPS) is 21.8. The Morgan fingerprint density at radius 1 is 1.12 bits per heavy atom. The average Bonchev–Trinajstić information content (AvgIpc) is 3.58. The molecule has 2 aliphatic rings. The molecule has 2 aromatic heterocycles. The van der Waals surface area contributed by atoms with Crippen LogP contribution < -0.4 is 5.32 Å². The van der Waals surface area contributed by atoms with Crippen molar-refractivity contribution < 1.29 is 9.18 Å². The summed E-state index contributed by atoms with van der Waals surface area (Å²) in [5, 5.41) is 4.18. The number of fused-ring (bicyclic) bond motifs is 1. The fraction of sp³-hybridized carbons (Fsp3) is 0.385. The summed E-state index contributed by atoms with van der Waals surface area (Å²) in [6, 6.07) is 6.90. The van der Waals surface area contributed by atoms with E-state index in [-0.39, 0.29) is 17.3 Å². The van der Waals surface area contributed by atoms with E-state index in [1.54, 1.807) is 30.6 Å². The van der Waals surface area contributed by atoms with E-state index in [0.717, 1.165) is 55.8 Å². The fourth-order valence-electron chi connectivity index (χ4n) is 5.13. The Kier molecular flexibility index (Phi) is 5.45. The third-order valence-electron chi connectivity index (χ3n) is 7.05. The largest absolute Gasteiger partial charge is 0.346 e. The summed E-state index contributed by atoms with van der Waals surface area (Å²) in [6.45, 7) is 3.64. The van der Waals surface area contributed by atoms with Crippen LogP contribution in [0.25, 0.3) is 17.0 Å². The summed E-state index contributed by atoms with van der Waals surface area (Å²) >= 11 is 0. The summed E-state index contributed by atoms with van der Waals surface area (Å²) in [6.07, 6.45) is 14.0. The molecule has 32 heavy (non-hydrogen) atoms. The predicted molar refractivity (Wildman–Crippen MR) is 123 cm³/mol. The van der Waals surface area contributed by atoms with Gasteiger partial charge in [-0.25, -0.2) is 14.4 Å². The molecule has 2 fully saturated rings. The van der Waals surface area contributed by atoms with Crippen molar-refractivity contribution >= 4 is 22.9 Å². The monoisotopic (exact) mass is 430 g/mol. The number of hydrogen-bond donors (Lipinski definition) is 1. The zero-order chi connectivity index (χ0) is 22.1. The SMILES string of the molecule is C=Cc1ncc(C(=O)NC2(C[C@H]3CC[C@H](c4ccnc5ccc(F)cc54)CC3)CC2)cn1. The maximum Gasteiger partial charge on any atom is 0.254 e. The highest BCUT2D eigenvalue weighted by Crippen LogP contribution is 2.47. The summed E-state index contributed by atoms with van der Waals surface area (Å²) in [7, 11) is 0. The quantitative estimate of drug-likeness (QED) is 0.566. The fourth-order valence-corrected chi connectivity index (χ4v) is 5.13. The third-order valence-corrected chi connectivity index (χ3v) is 7.05. The number of hydrogen-bond acceptors (Lipinski definition) is 4. The molecule has 164 valence electrons. The van der Waals surface area contributed by atoms with Gasteiger partial charge in [-0.1, -0.05) is 6.58 Å². The van der Waals surface area contributed by atoms with E-state index in [4.69, 9.17) is 0 Å². The highest BCUT2D eigenvalue weighted by molar-refractivity contribution is 5.94. The molecule has 1 N–H and O–H groups in total. The summed E-state index contributed by atoms with van der Waals surface area (Å²) in [5.74, 6) is 1.24. The van der Waals surface area contributed by atoms with E-state index in [2.05, 4.69) is 32.9 Å². The number of halogens is 1. The number of amides is 1. The van der Waals surface area contributed by atoms with Gasteiger partial charge in [-0.15, -0.1) is 0 Å². The van der Waals surface area contributed by atoms with Crippen molar-refractivity contribution in [1.82, 2.24) is 20.3 Å². The van der Waals surface area contributed by atoms with E-state index >= 15 is 0 Å². The highest BCUT2D eigenvalue weighted by Gasteiger charge is 2.46. The van der Waals surface area contributed by atoms with Gasteiger partial charge in [0.15, 0.2) is 5.82 Å². The molecule has 2 saturated carbocycles. The lowest BCUT2D eigenvalue weighted by molar-refractivity contribution is 0.0920. The van der Waals surface area contributed by atoms with Crippen molar-refractivity contribution in [3.8, 4) is 0 Å². The zero-order valence-corrected chi connectivity index (χ0v) is 18.1. The molecule has 0 bridgehead atoms. The van der Waals surface area contributed by atoms with Crippen LogP contribution in [0.3, 0.4) is 0 Å². The van der Waals surface area contributed by atoms with E-state index in [1.165, 1.54) is 11.6 Å². The van der Waals surface area contributed by atoms with Gasteiger partial charge < -0.3 is 5.32 Å². The molecule has 6 heteroatoms. The van der Waals surface area contributed by atoms with Crippen molar-refractivity contribution in [2.75, 3.05) is 0 Å². The highest BCUT2D eigenvalue weighted by atomic mass is 19.1. The van der Waals surface area contributed by atoms with Crippen LogP contribution in [0.15, 0.2) is 49.4 Å². The Hall–Kier alpha value is -3.15. The van der Waals surface area contributed by atoms with Crippen LogP contribution in [-0.2, 0) is 0 Å². The summed E-state index contributed by atoms with van der Waals surface area (Å²) < 4.78 is 13.8. The van der Waals surface area contributed by atoms with Crippen LogP contribution in [0.5, 0.6) is 0 Å². The Morgan fingerprint density at radius 3 is 2.56 bits per heavy atom. The second-order valence-electron chi connectivity index (χ2n) is 9.25. The smallest absolute Gasteiger partial charge is 0.254 e. The second kappa shape index (κ2) is 8.41. The molecule has 1 amide bonds. The van der Waals surface area contributed by atoms with Gasteiger partial charge >= 0.3 is 0 Å². The van der Waals surface area contributed by atoms with Crippen LogP contribution in [0.1, 0.15) is 72.6 Å². The van der Waals surface area contributed by atoms with Gasteiger partial charge in [0.05, 0.1) is 11.1 Å². The molecule has 0 unspecified atom stereocenters. The van der Waals surface area contributed by atoms with Gasteiger partial charge in [-0.05, 0) is 92.7 Å². The third kappa shape index (κ3) is 4.27. The van der Waals surface area contributed by atoms with Crippen LogP contribution in [-0.4, -0.2) is 26.4 Å². The molecule has 5 rings (SSSR count). The number of carbonyl (C=O) groups excluding carboxylic acids is 1. The molecule has 2 heterocycles. The first-order chi connectivity index (χ1) is 15.5. The average molecular weight is 431 g/mol. The predicted octanol–water partition coefficient (Wildman–Crippen LogP) is 5.43. The second-order valence-corrected chi connectivity index (χ2v) is 9.25. The molecule has 0 aliphatic heterocycles. The molecule has 2 aliphatic carbocycles. The Balaban J connectivity index is 1.20. The van der Waals surface area contributed by atoms with Crippen LogP contribution in [0, 0.1) is 11.7 Å². The first-order valence-corrected chi connectivity index (χ1v) is 11.4. The molecule has 3 aromatic rings. The molecule has 0 atom stereocenters. The van der Waals surface area contributed by atoms with Crippen molar-refractivity contribution in [3.63, 3.8) is 0 Å². The van der Waals surface area contributed by atoms with Crippen LogP contribution in [0.4, 0.5) is 4.39 Å². The van der Waals surface area contributed by atoms with E-state index < -0.39 is 0 Å². The van der Waals surface area contributed by atoms with Crippen molar-refractivity contribution in [3.05, 3.63) is 72.2 Å². The number of nitrogens with zero attached hydrogens (tertiary/aromatic N) is 3. The van der Waals surface area contributed by atoms with Gasteiger partial charge in [0.2, 0.25) is 0 Å². The van der Waals surface area contributed by atoms with Crippen LogP contribution >= 0.6 is 0 Å². The number of aromatic nitrogens is 3. The minimum atomic E-state index is -0.212. The Labute approximate surface area is 187 Å². The van der Waals surface area contributed by atoms with Gasteiger partial charge in [0.1, 0.15) is 5.82 Å². The van der Waals surface area contributed by atoms with Crippen molar-refractivity contribution in [2.24, 2.45) is 5.92 Å². The van der Waals surface area contributed by atoms with E-state index in [9.17, 15) is 9.18 Å². The molecule has 0 radical (unpaired) electrons. The van der Waals surface area contributed by atoms with Crippen LogP contribution in [0.2, 0.25) is 0 Å². The number of pyridine rings is 1. The summed E-state index contributed by atoms with van der Waals surface area (Å²) in [4.78, 5) is 25.3. The number of rotatable bonds is 6. The standard InChI is InChI=1S/C26H27FN4O/c1-2-24-29-15-19(16-30-24)25(32)31-26(10-11-26)14-17-3-5-18(6-4-17)21-9-12-28-23-8-7-20(27)13-22(21)23/h2,7-9,12-13,15-18H,1,3-6,10-11,14H2,(H,31,32)/t17-,18-. The maximum absolute atomic E-state index is 13.8. The summed E-state index contributed by atoms with van der Waals surface area (Å²) in [5.41, 5.74) is 2.47. The molecule has 0 spiro atoms. The number of nitrogens with one attached hydrogen (secondary N) is 1. The Bertz CT molecular complexity index is 1150. The lowest BCUT2D eigenvalue weighted by Crippen LogP contribution is -2.39. The molecular formula is C26H27FN4O. The molecule has 1 aromatic carbocycles. The lowest BCUT2D eigenvalue weighted by atomic mass is 9.75. The molecule has 0 saturated heterocycles. The van der Waals surface area contributed by atoms with Crippen molar-refractivity contribution in [2.45, 2.75) is 56.4 Å². The van der Waals surface area contributed by atoms with E-state index in [1.807, 2.05) is 6.20 Å². The first-order valence-electron chi connectivity index (χ1n) is 11.4. The van der Waals surface area contributed by atoms with E-state index in [0.29, 0.717) is 23.2 Å². The number of benzene rings is 1. The maximum atomic E-state index is 13.8. The topological polar surface area (TPSA) is 67.8 Å². The first kappa shape index (κ1) is 20.7. The zero-order valence-electron chi connectivity index (χ0n) is 18.1. The van der Waals surface area contributed by atoms with Crippen molar-refractivity contribution in [1.29, 1.82) is 0 Å². The minimum Gasteiger partial charge on any atom is -0.346 e. The van der Waals surface area contributed by atoms with Gasteiger partial charge in [0.25, 0.3) is 5.91 Å². The van der Waals surface area contributed by atoms with Gasteiger partial charge in [-0.3, -0.25) is 9.78 Å². The molecular weight excluding hydrogens is 403 g/mol. The van der Waals surface area contributed by atoms with Gasteiger partial charge in [-0.2, -0.15) is 0 Å². The molecule has 5 nitrogen and oxygen atoms in total.